The fourth-order valence-electron chi connectivity index (χ4n) is 3.10. The molecule has 0 atom stereocenters. The molecule has 1 aromatic carbocycles. The molecule has 3 rings (SSSR count). The lowest BCUT2D eigenvalue weighted by Crippen LogP contribution is -2.30. The molecular formula is C20H24BrN3O2S. The van der Waals surface area contributed by atoms with Crippen molar-refractivity contribution < 1.29 is 9.59 Å². The van der Waals surface area contributed by atoms with Crippen LogP contribution in [0, 0.1) is 5.92 Å². The van der Waals surface area contributed by atoms with Crippen LogP contribution in [-0.2, 0) is 17.6 Å². The van der Waals surface area contributed by atoms with Crippen molar-refractivity contribution in [1.82, 2.24) is 5.32 Å². The van der Waals surface area contributed by atoms with Gasteiger partial charge in [-0.3, -0.25) is 9.59 Å². The third-order valence-corrected chi connectivity index (χ3v) is 6.08. The predicted molar refractivity (Wildman–Crippen MR) is 115 cm³/mol. The molecule has 0 fully saturated rings. The van der Waals surface area contributed by atoms with Crippen molar-refractivity contribution in [1.29, 1.82) is 0 Å². The average molecular weight is 450 g/mol. The lowest BCUT2D eigenvalue weighted by molar-refractivity contribution is -0.115. The fraction of sp³-hybridized carbons (Fsp3) is 0.400. The van der Waals surface area contributed by atoms with E-state index in [0.717, 1.165) is 41.5 Å². The summed E-state index contributed by atoms with van der Waals surface area (Å²) in [6.45, 7) is 5.22. The van der Waals surface area contributed by atoms with Crippen LogP contribution in [0.5, 0.6) is 0 Å². The molecule has 3 N–H and O–H groups in total. The van der Waals surface area contributed by atoms with Crippen LogP contribution in [0.1, 0.15) is 41.1 Å². The third kappa shape index (κ3) is 5.18. The number of nitrogens with one attached hydrogen (secondary N) is 3. The van der Waals surface area contributed by atoms with Crippen molar-refractivity contribution in [3.8, 4) is 0 Å². The van der Waals surface area contributed by atoms with Crippen molar-refractivity contribution in [2.45, 2.75) is 33.1 Å². The molecule has 1 aliphatic carbocycles. The fourth-order valence-corrected chi connectivity index (χ4v) is 4.67. The number of thiophene rings is 1. The normalized spacial score (nSPS) is 12.9. The number of anilines is 2. The summed E-state index contributed by atoms with van der Waals surface area (Å²) in [4.78, 5) is 26.4. The second-order valence-electron chi connectivity index (χ2n) is 7.10. The van der Waals surface area contributed by atoms with Crippen molar-refractivity contribution in [2.24, 2.45) is 5.92 Å². The minimum atomic E-state index is -0.165. The monoisotopic (exact) mass is 449 g/mol. The Kier molecular flexibility index (Phi) is 6.68. The van der Waals surface area contributed by atoms with Gasteiger partial charge in [-0.05, 0) is 61.6 Å². The van der Waals surface area contributed by atoms with Gasteiger partial charge < -0.3 is 16.0 Å². The predicted octanol–water partition coefficient (Wildman–Crippen LogP) is 4.44. The van der Waals surface area contributed by atoms with E-state index in [1.165, 1.54) is 16.2 Å². The number of hydrogen-bond donors (Lipinski definition) is 3. The van der Waals surface area contributed by atoms with E-state index in [2.05, 4.69) is 45.7 Å². The number of carbonyl (C=O) groups is 2. The Bertz CT molecular complexity index is 830. The van der Waals surface area contributed by atoms with Crippen LogP contribution in [0.25, 0.3) is 0 Å². The molecule has 0 saturated carbocycles. The molecule has 0 spiro atoms. The molecule has 5 nitrogen and oxygen atoms in total. The molecule has 144 valence electrons. The summed E-state index contributed by atoms with van der Waals surface area (Å²) in [5, 5.41) is 9.68. The Morgan fingerprint density at radius 2 is 1.89 bits per heavy atom. The molecule has 0 unspecified atom stereocenters. The van der Waals surface area contributed by atoms with Gasteiger partial charge in [0.2, 0.25) is 5.91 Å². The smallest absolute Gasteiger partial charge is 0.258 e. The second kappa shape index (κ2) is 8.99. The van der Waals surface area contributed by atoms with Gasteiger partial charge in [-0.1, -0.05) is 29.8 Å². The van der Waals surface area contributed by atoms with Gasteiger partial charge in [-0.25, -0.2) is 0 Å². The van der Waals surface area contributed by atoms with Crippen molar-refractivity contribution >= 4 is 49.8 Å². The number of carbonyl (C=O) groups excluding carboxylic acids is 2. The van der Waals surface area contributed by atoms with E-state index in [4.69, 9.17) is 0 Å². The molecule has 7 heteroatoms. The summed E-state index contributed by atoms with van der Waals surface area (Å²) in [5.74, 6) is 0.200. The van der Waals surface area contributed by atoms with Gasteiger partial charge in [0, 0.05) is 15.0 Å². The van der Waals surface area contributed by atoms with Crippen LogP contribution in [0.4, 0.5) is 10.7 Å². The zero-order valence-electron chi connectivity index (χ0n) is 15.5. The molecular weight excluding hydrogens is 426 g/mol. The SMILES string of the molecule is CC(C)CNCC(=O)Nc1sc2c(c1C(=O)Nc1ccc(Br)cc1)CCC2. The van der Waals surface area contributed by atoms with E-state index in [1.807, 2.05) is 24.3 Å². The van der Waals surface area contributed by atoms with E-state index < -0.39 is 0 Å². The molecule has 0 aliphatic heterocycles. The van der Waals surface area contributed by atoms with Crippen LogP contribution in [0.3, 0.4) is 0 Å². The first-order valence-electron chi connectivity index (χ1n) is 9.16. The first-order valence-corrected chi connectivity index (χ1v) is 10.8. The van der Waals surface area contributed by atoms with Gasteiger partial charge in [-0.15, -0.1) is 11.3 Å². The molecule has 0 bridgehead atoms. The number of aryl methyl sites for hydroxylation is 1. The molecule has 27 heavy (non-hydrogen) atoms. The standard InChI is InChI=1S/C20H24BrN3O2S/c1-12(2)10-22-11-17(25)24-20-18(15-4-3-5-16(15)27-20)19(26)23-14-8-6-13(21)7-9-14/h6-9,12,22H,3-5,10-11H2,1-2H3,(H,23,26)(H,24,25). The van der Waals surface area contributed by atoms with E-state index in [0.29, 0.717) is 16.5 Å². The van der Waals surface area contributed by atoms with Crippen LogP contribution in [-0.4, -0.2) is 24.9 Å². The quantitative estimate of drug-likeness (QED) is 0.585. The number of hydrogen-bond acceptors (Lipinski definition) is 4. The highest BCUT2D eigenvalue weighted by molar-refractivity contribution is 9.10. The Hall–Kier alpha value is -1.70. The lowest BCUT2D eigenvalue weighted by atomic mass is 10.1. The Balaban J connectivity index is 1.74. The summed E-state index contributed by atoms with van der Waals surface area (Å²) >= 11 is 4.92. The molecule has 1 aromatic heterocycles. The van der Waals surface area contributed by atoms with Gasteiger partial charge >= 0.3 is 0 Å². The minimum Gasteiger partial charge on any atom is -0.322 e. The van der Waals surface area contributed by atoms with Gasteiger partial charge in [0.1, 0.15) is 5.00 Å². The maximum atomic E-state index is 12.9. The van der Waals surface area contributed by atoms with Crippen LogP contribution in [0.15, 0.2) is 28.7 Å². The van der Waals surface area contributed by atoms with E-state index >= 15 is 0 Å². The van der Waals surface area contributed by atoms with Crippen molar-refractivity contribution in [3.05, 3.63) is 44.7 Å². The summed E-state index contributed by atoms with van der Waals surface area (Å²) in [5.41, 5.74) is 2.43. The largest absolute Gasteiger partial charge is 0.322 e. The van der Waals surface area contributed by atoms with Crippen molar-refractivity contribution in [2.75, 3.05) is 23.7 Å². The Morgan fingerprint density at radius 1 is 1.15 bits per heavy atom. The average Bonchev–Trinajstić information content (AvgIpc) is 3.17. The Morgan fingerprint density at radius 3 is 2.59 bits per heavy atom. The maximum Gasteiger partial charge on any atom is 0.258 e. The summed E-state index contributed by atoms with van der Waals surface area (Å²) in [7, 11) is 0. The van der Waals surface area contributed by atoms with Crippen molar-refractivity contribution in [3.63, 3.8) is 0 Å². The molecule has 0 saturated heterocycles. The number of fused-ring (bicyclic) bond motifs is 1. The maximum absolute atomic E-state index is 12.9. The number of halogens is 1. The Labute approximate surface area is 172 Å². The highest BCUT2D eigenvalue weighted by Crippen LogP contribution is 2.39. The number of benzene rings is 1. The van der Waals surface area contributed by atoms with Crippen LogP contribution < -0.4 is 16.0 Å². The van der Waals surface area contributed by atoms with Gasteiger partial charge in [-0.2, -0.15) is 0 Å². The highest BCUT2D eigenvalue weighted by Gasteiger charge is 2.27. The topological polar surface area (TPSA) is 70.2 Å². The number of amides is 2. The van der Waals surface area contributed by atoms with Gasteiger partial charge in [0.15, 0.2) is 0 Å². The van der Waals surface area contributed by atoms with E-state index in [1.54, 1.807) is 0 Å². The second-order valence-corrected chi connectivity index (χ2v) is 9.12. The summed E-state index contributed by atoms with van der Waals surface area (Å²) < 4.78 is 0.957. The third-order valence-electron chi connectivity index (χ3n) is 4.34. The molecule has 1 aliphatic rings. The summed E-state index contributed by atoms with van der Waals surface area (Å²) in [6.07, 6.45) is 2.92. The molecule has 0 radical (unpaired) electrons. The van der Waals surface area contributed by atoms with Crippen LogP contribution >= 0.6 is 27.3 Å². The molecule has 2 amide bonds. The first-order chi connectivity index (χ1) is 12.9. The lowest BCUT2D eigenvalue weighted by Gasteiger charge is -2.11. The van der Waals surface area contributed by atoms with E-state index in [-0.39, 0.29) is 18.4 Å². The zero-order chi connectivity index (χ0) is 19.4. The zero-order valence-corrected chi connectivity index (χ0v) is 17.9. The number of rotatable bonds is 7. The van der Waals surface area contributed by atoms with Crippen LogP contribution in [0.2, 0.25) is 0 Å². The molecule has 1 heterocycles. The summed E-state index contributed by atoms with van der Waals surface area (Å²) in [6, 6.07) is 7.47. The van der Waals surface area contributed by atoms with E-state index in [9.17, 15) is 9.59 Å². The minimum absolute atomic E-state index is 0.117. The molecule has 2 aromatic rings. The highest BCUT2D eigenvalue weighted by atomic mass is 79.9. The van der Waals surface area contributed by atoms with Gasteiger partial charge in [0.25, 0.3) is 5.91 Å². The van der Waals surface area contributed by atoms with Gasteiger partial charge in [0.05, 0.1) is 12.1 Å². The first kappa shape index (κ1) is 20.0.